The quantitative estimate of drug-likeness (QED) is 0.683. The van der Waals surface area contributed by atoms with Crippen LogP contribution in [0.4, 0.5) is 0 Å². The molecule has 1 rings (SSSR count). The average Bonchev–Trinajstić information content (AvgIpc) is 2.22. The molecular formula is C12H20O5. The summed E-state index contributed by atoms with van der Waals surface area (Å²) in [6, 6.07) is 0. The van der Waals surface area contributed by atoms with Crippen molar-refractivity contribution in [2.75, 3.05) is 0 Å². The molecule has 3 N–H and O–H groups in total. The normalized spacial score (nSPS) is 33.3. The summed E-state index contributed by atoms with van der Waals surface area (Å²) in [5, 5.41) is 28.3. The van der Waals surface area contributed by atoms with E-state index in [1.165, 1.54) is 0 Å². The number of aliphatic carboxylic acids is 2. The van der Waals surface area contributed by atoms with Crippen LogP contribution in [0.1, 0.15) is 51.9 Å². The van der Waals surface area contributed by atoms with E-state index < -0.39 is 23.0 Å². The van der Waals surface area contributed by atoms with Crippen molar-refractivity contribution in [1.82, 2.24) is 0 Å². The first kappa shape index (κ1) is 14.0. The maximum atomic E-state index is 11.3. The Morgan fingerprint density at radius 2 is 1.76 bits per heavy atom. The standard InChI is InChI=1S/C12H20O5/c1-11(10(15)16)6-2-3-7-12(11,17)8-4-5-9(13)14/h17H,2-8H2,1H3,(H,13,14)(H,15,16). The van der Waals surface area contributed by atoms with Gasteiger partial charge >= 0.3 is 11.9 Å². The average molecular weight is 244 g/mol. The van der Waals surface area contributed by atoms with Crippen molar-refractivity contribution in [1.29, 1.82) is 0 Å². The fourth-order valence-electron chi connectivity index (χ4n) is 2.64. The molecule has 0 aromatic rings. The minimum absolute atomic E-state index is 0.0298. The predicted octanol–water partition coefficient (Wildman–Crippen LogP) is 1.64. The number of carboxylic acids is 2. The van der Waals surface area contributed by atoms with Gasteiger partial charge in [-0.05, 0) is 32.6 Å². The topological polar surface area (TPSA) is 94.8 Å². The first-order chi connectivity index (χ1) is 7.82. The number of carboxylic acid groups (broad SMARTS) is 2. The fourth-order valence-corrected chi connectivity index (χ4v) is 2.64. The van der Waals surface area contributed by atoms with E-state index in [0.717, 1.165) is 12.8 Å². The van der Waals surface area contributed by atoms with E-state index in [-0.39, 0.29) is 12.8 Å². The summed E-state index contributed by atoms with van der Waals surface area (Å²) < 4.78 is 0. The zero-order valence-corrected chi connectivity index (χ0v) is 10.1. The molecule has 2 unspecified atom stereocenters. The number of carbonyl (C=O) groups is 2. The molecule has 0 aliphatic heterocycles. The van der Waals surface area contributed by atoms with Gasteiger partial charge in [0, 0.05) is 6.42 Å². The van der Waals surface area contributed by atoms with Crippen molar-refractivity contribution in [2.24, 2.45) is 5.41 Å². The minimum Gasteiger partial charge on any atom is -0.481 e. The second-order valence-electron chi connectivity index (χ2n) is 5.12. The van der Waals surface area contributed by atoms with Crippen LogP contribution in [-0.4, -0.2) is 32.9 Å². The van der Waals surface area contributed by atoms with E-state index in [9.17, 15) is 19.8 Å². The van der Waals surface area contributed by atoms with Crippen molar-refractivity contribution >= 4 is 11.9 Å². The van der Waals surface area contributed by atoms with Gasteiger partial charge < -0.3 is 15.3 Å². The third kappa shape index (κ3) is 2.77. The van der Waals surface area contributed by atoms with Gasteiger partial charge in [0.15, 0.2) is 0 Å². The van der Waals surface area contributed by atoms with E-state index in [2.05, 4.69) is 0 Å². The molecular weight excluding hydrogens is 224 g/mol. The van der Waals surface area contributed by atoms with Crippen LogP contribution in [0, 0.1) is 5.41 Å². The van der Waals surface area contributed by atoms with Crippen LogP contribution >= 0.6 is 0 Å². The molecule has 0 saturated heterocycles. The van der Waals surface area contributed by atoms with Crippen molar-refractivity contribution in [3.63, 3.8) is 0 Å². The lowest BCUT2D eigenvalue weighted by molar-refractivity contribution is -0.176. The molecule has 0 bridgehead atoms. The van der Waals surface area contributed by atoms with Crippen LogP contribution in [0.5, 0.6) is 0 Å². The highest BCUT2D eigenvalue weighted by Gasteiger charge is 2.53. The van der Waals surface area contributed by atoms with E-state index in [4.69, 9.17) is 5.11 Å². The lowest BCUT2D eigenvalue weighted by Crippen LogP contribution is -2.53. The van der Waals surface area contributed by atoms with Crippen LogP contribution in [0.15, 0.2) is 0 Å². The second kappa shape index (κ2) is 5.04. The maximum absolute atomic E-state index is 11.3. The Bertz CT molecular complexity index is 314. The first-order valence-corrected chi connectivity index (χ1v) is 5.99. The van der Waals surface area contributed by atoms with Gasteiger partial charge in [0.05, 0.1) is 11.0 Å². The van der Waals surface area contributed by atoms with Gasteiger partial charge in [-0.1, -0.05) is 12.8 Å². The van der Waals surface area contributed by atoms with Crippen molar-refractivity contribution in [3.8, 4) is 0 Å². The van der Waals surface area contributed by atoms with Gasteiger partial charge in [-0.3, -0.25) is 9.59 Å². The summed E-state index contributed by atoms with van der Waals surface area (Å²) in [4.78, 5) is 21.8. The lowest BCUT2D eigenvalue weighted by atomic mass is 9.62. The smallest absolute Gasteiger partial charge is 0.312 e. The van der Waals surface area contributed by atoms with E-state index in [1.54, 1.807) is 6.92 Å². The molecule has 1 saturated carbocycles. The molecule has 0 aromatic carbocycles. The highest BCUT2D eigenvalue weighted by atomic mass is 16.4. The number of rotatable bonds is 5. The highest BCUT2D eigenvalue weighted by Crippen LogP contribution is 2.47. The molecule has 1 fully saturated rings. The number of hydrogen-bond donors (Lipinski definition) is 3. The Morgan fingerprint density at radius 1 is 1.18 bits per heavy atom. The van der Waals surface area contributed by atoms with Crippen LogP contribution in [0.2, 0.25) is 0 Å². The Labute approximate surface area is 100 Å². The molecule has 0 heterocycles. The van der Waals surface area contributed by atoms with Crippen LogP contribution in [0.3, 0.4) is 0 Å². The van der Waals surface area contributed by atoms with Gasteiger partial charge in [0.1, 0.15) is 0 Å². The summed E-state index contributed by atoms with van der Waals surface area (Å²) in [7, 11) is 0. The number of hydrogen-bond acceptors (Lipinski definition) is 3. The highest BCUT2D eigenvalue weighted by molar-refractivity contribution is 5.76. The largest absolute Gasteiger partial charge is 0.481 e. The Kier molecular flexibility index (Phi) is 4.14. The second-order valence-corrected chi connectivity index (χ2v) is 5.12. The van der Waals surface area contributed by atoms with Crippen molar-refractivity contribution < 1.29 is 24.9 Å². The van der Waals surface area contributed by atoms with Gasteiger partial charge in [-0.25, -0.2) is 0 Å². The maximum Gasteiger partial charge on any atom is 0.312 e. The fraction of sp³-hybridized carbons (Fsp3) is 0.833. The molecule has 1 aliphatic carbocycles. The summed E-state index contributed by atoms with van der Waals surface area (Å²) in [6.45, 7) is 1.56. The third-order valence-corrected chi connectivity index (χ3v) is 4.00. The molecule has 5 nitrogen and oxygen atoms in total. The molecule has 0 aromatic heterocycles. The molecule has 1 aliphatic rings. The molecule has 0 spiro atoms. The van der Waals surface area contributed by atoms with E-state index in [0.29, 0.717) is 19.3 Å². The molecule has 0 amide bonds. The first-order valence-electron chi connectivity index (χ1n) is 5.99. The van der Waals surface area contributed by atoms with Crippen LogP contribution < -0.4 is 0 Å². The van der Waals surface area contributed by atoms with E-state index >= 15 is 0 Å². The minimum atomic E-state index is -1.27. The van der Waals surface area contributed by atoms with Crippen molar-refractivity contribution in [3.05, 3.63) is 0 Å². The number of aliphatic hydroxyl groups is 1. The summed E-state index contributed by atoms with van der Waals surface area (Å²) >= 11 is 0. The Balaban J connectivity index is 2.74. The van der Waals surface area contributed by atoms with Gasteiger partial charge in [0.2, 0.25) is 0 Å². The summed E-state index contributed by atoms with van der Waals surface area (Å²) in [5.41, 5.74) is -2.42. The molecule has 5 heteroatoms. The zero-order chi connectivity index (χ0) is 13.1. The summed E-state index contributed by atoms with van der Waals surface area (Å²) in [6.07, 6.45) is 3.01. The molecule has 2 atom stereocenters. The third-order valence-electron chi connectivity index (χ3n) is 4.00. The lowest BCUT2D eigenvalue weighted by Gasteiger charge is -2.45. The molecule has 98 valence electrons. The zero-order valence-electron chi connectivity index (χ0n) is 10.1. The molecule has 17 heavy (non-hydrogen) atoms. The van der Waals surface area contributed by atoms with Crippen LogP contribution in [0.25, 0.3) is 0 Å². The van der Waals surface area contributed by atoms with Gasteiger partial charge in [-0.15, -0.1) is 0 Å². The van der Waals surface area contributed by atoms with Gasteiger partial charge in [0.25, 0.3) is 0 Å². The SMILES string of the molecule is CC1(C(=O)O)CCCCC1(O)CCCC(=O)O. The monoisotopic (exact) mass is 244 g/mol. The van der Waals surface area contributed by atoms with Gasteiger partial charge in [-0.2, -0.15) is 0 Å². The molecule has 0 radical (unpaired) electrons. The Hall–Kier alpha value is -1.10. The predicted molar refractivity (Wildman–Crippen MR) is 60.6 cm³/mol. The van der Waals surface area contributed by atoms with Crippen LogP contribution in [-0.2, 0) is 9.59 Å². The summed E-state index contributed by atoms with van der Waals surface area (Å²) in [5.74, 6) is -1.91. The Morgan fingerprint density at radius 3 is 2.29 bits per heavy atom. The van der Waals surface area contributed by atoms with Crippen molar-refractivity contribution in [2.45, 2.75) is 57.5 Å². The van der Waals surface area contributed by atoms with E-state index in [1.807, 2.05) is 0 Å².